The molecule has 0 bridgehead atoms. The van der Waals surface area contributed by atoms with E-state index in [2.05, 4.69) is 42.5 Å². The summed E-state index contributed by atoms with van der Waals surface area (Å²) in [6.07, 6.45) is -4.50. The lowest BCUT2D eigenvalue weighted by Crippen LogP contribution is -2.33. The van der Waals surface area contributed by atoms with Crippen molar-refractivity contribution < 1.29 is 22.8 Å². The van der Waals surface area contributed by atoms with Gasteiger partial charge in [0.05, 0.1) is 20.8 Å². The number of amides is 2. The number of hydrogen-bond acceptors (Lipinski definition) is 3. The zero-order valence-corrected chi connectivity index (χ0v) is 15.7. The number of carbonyl (C=O) groups excluding carboxylic acids is 2. The van der Waals surface area contributed by atoms with E-state index in [-0.39, 0.29) is 18.0 Å². The number of carbonyl (C=O) groups is 2. The summed E-state index contributed by atoms with van der Waals surface area (Å²) in [5.74, 6) is -0.314. The number of ketones is 1. The second-order valence-corrected chi connectivity index (χ2v) is 7.77. The summed E-state index contributed by atoms with van der Waals surface area (Å²) in [5, 5.41) is 4.57. The van der Waals surface area contributed by atoms with Gasteiger partial charge in [-0.15, -0.1) is 11.3 Å². The van der Waals surface area contributed by atoms with Crippen molar-refractivity contribution in [2.75, 3.05) is 11.9 Å². The molecule has 10 heteroatoms. The maximum atomic E-state index is 12.6. The van der Waals surface area contributed by atoms with E-state index >= 15 is 0 Å². The minimum atomic E-state index is -4.50. The summed E-state index contributed by atoms with van der Waals surface area (Å²) in [6.45, 7) is -0.274. The third-order valence-electron chi connectivity index (χ3n) is 2.78. The zero-order chi connectivity index (χ0) is 17.9. The van der Waals surface area contributed by atoms with Crippen LogP contribution in [0.4, 0.5) is 23.7 Å². The Bertz CT molecular complexity index is 758. The summed E-state index contributed by atoms with van der Waals surface area (Å²) in [4.78, 5) is 24.1. The highest BCUT2D eigenvalue weighted by atomic mass is 79.9. The maximum Gasteiger partial charge on any atom is 0.416 e. The predicted octanol–water partition coefficient (Wildman–Crippen LogP) is 5.30. The fourth-order valence-electron chi connectivity index (χ4n) is 1.68. The van der Waals surface area contributed by atoms with Gasteiger partial charge in [0.1, 0.15) is 0 Å². The van der Waals surface area contributed by atoms with Gasteiger partial charge in [0.25, 0.3) is 0 Å². The van der Waals surface area contributed by atoms with Crippen molar-refractivity contribution in [2.45, 2.75) is 6.18 Å². The highest BCUT2D eigenvalue weighted by Gasteiger charge is 2.30. The number of nitrogens with one attached hydrogen (secondary N) is 2. The van der Waals surface area contributed by atoms with E-state index in [1.165, 1.54) is 23.5 Å². The Morgan fingerprint density at radius 3 is 2.46 bits per heavy atom. The van der Waals surface area contributed by atoms with E-state index in [4.69, 9.17) is 0 Å². The highest BCUT2D eigenvalue weighted by molar-refractivity contribution is 9.13. The lowest BCUT2D eigenvalue weighted by molar-refractivity contribution is -0.137. The van der Waals surface area contributed by atoms with E-state index in [9.17, 15) is 22.8 Å². The maximum absolute atomic E-state index is 12.6. The Hall–Kier alpha value is -1.39. The van der Waals surface area contributed by atoms with E-state index in [0.29, 0.717) is 4.88 Å². The molecule has 2 aromatic rings. The molecule has 128 valence electrons. The van der Waals surface area contributed by atoms with Crippen molar-refractivity contribution in [3.63, 3.8) is 0 Å². The van der Waals surface area contributed by atoms with Crippen LogP contribution in [-0.4, -0.2) is 18.4 Å². The molecule has 2 N–H and O–H groups in total. The first kappa shape index (κ1) is 18.9. The first-order chi connectivity index (χ1) is 11.2. The third kappa shape index (κ3) is 5.05. The average molecular weight is 486 g/mol. The molecule has 4 nitrogen and oxygen atoms in total. The van der Waals surface area contributed by atoms with Crippen LogP contribution in [0.25, 0.3) is 0 Å². The number of alkyl halides is 3. The Morgan fingerprint density at radius 1 is 1.17 bits per heavy atom. The number of benzene rings is 1. The first-order valence-electron chi connectivity index (χ1n) is 6.37. The van der Waals surface area contributed by atoms with Gasteiger partial charge in [0, 0.05) is 10.2 Å². The standard InChI is InChI=1S/C14H9Br2F3N2O2S/c15-9-5-11(24-12(9)16)10(22)6-20-13(23)21-8-3-1-2-7(4-8)14(17,18)19/h1-5H,6H2,(H2,20,21,23). The monoisotopic (exact) mass is 484 g/mol. The Labute approximate surface area is 155 Å². The quantitative estimate of drug-likeness (QED) is 0.577. The van der Waals surface area contributed by atoms with E-state index < -0.39 is 17.8 Å². The summed E-state index contributed by atoms with van der Waals surface area (Å²) >= 11 is 7.72. The minimum Gasteiger partial charge on any atom is -0.330 e. The molecule has 0 aliphatic rings. The van der Waals surface area contributed by atoms with Crippen LogP contribution in [0.1, 0.15) is 15.2 Å². The fourth-order valence-corrected chi connectivity index (χ4v) is 3.65. The second-order valence-electron chi connectivity index (χ2n) is 4.54. The number of halogens is 5. The molecule has 0 aliphatic carbocycles. The number of Topliss-reactive ketones (excluding diaryl/α,β-unsaturated/α-hetero) is 1. The summed E-state index contributed by atoms with van der Waals surface area (Å²) in [5.41, 5.74) is -0.888. The van der Waals surface area contributed by atoms with Crippen LogP contribution in [0, 0.1) is 0 Å². The molecule has 2 amide bonds. The van der Waals surface area contributed by atoms with Gasteiger partial charge in [-0.1, -0.05) is 6.07 Å². The minimum absolute atomic E-state index is 0.0172. The summed E-state index contributed by atoms with van der Waals surface area (Å²) < 4.78 is 39.3. The number of thiophene rings is 1. The lowest BCUT2D eigenvalue weighted by atomic mass is 10.2. The summed E-state index contributed by atoms with van der Waals surface area (Å²) in [6, 6.07) is 5.07. The number of anilines is 1. The smallest absolute Gasteiger partial charge is 0.330 e. The van der Waals surface area contributed by atoms with Crippen LogP contribution < -0.4 is 10.6 Å². The lowest BCUT2D eigenvalue weighted by Gasteiger charge is -2.10. The van der Waals surface area contributed by atoms with Gasteiger partial charge < -0.3 is 10.6 Å². The Balaban J connectivity index is 1.93. The molecule has 2 rings (SSSR count). The summed E-state index contributed by atoms with van der Waals surface area (Å²) in [7, 11) is 0. The van der Waals surface area contributed by atoms with Crippen molar-refractivity contribution in [1.29, 1.82) is 0 Å². The van der Waals surface area contributed by atoms with E-state index in [1.807, 2.05) is 0 Å². The second kappa shape index (κ2) is 7.66. The van der Waals surface area contributed by atoms with Crippen molar-refractivity contribution in [3.8, 4) is 0 Å². The number of urea groups is 1. The molecule has 0 fully saturated rings. The predicted molar refractivity (Wildman–Crippen MR) is 92.5 cm³/mol. The Kier molecular flexibility index (Phi) is 6.05. The zero-order valence-electron chi connectivity index (χ0n) is 11.7. The SMILES string of the molecule is O=C(NCC(=O)c1cc(Br)c(Br)s1)Nc1cccc(C(F)(F)F)c1. The van der Waals surface area contributed by atoms with Crippen LogP contribution in [0.3, 0.4) is 0 Å². The molecule has 0 saturated carbocycles. The van der Waals surface area contributed by atoms with Gasteiger partial charge in [0.15, 0.2) is 5.78 Å². The molecule has 0 unspecified atom stereocenters. The third-order valence-corrected chi connectivity index (χ3v) is 6.07. The normalized spacial score (nSPS) is 11.2. The van der Waals surface area contributed by atoms with Crippen molar-refractivity contribution in [1.82, 2.24) is 5.32 Å². The molecule has 0 saturated heterocycles. The van der Waals surface area contributed by atoms with Gasteiger partial charge >= 0.3 is 12.2 Å². The molecule has 0 spiro atoms. The first-order valence-corrected chi connectivity index (χ1v) is 8.77. The molecular weight excluding hydrogens is 477 g/mol. The van der Waals surface area contributed by atoms with Gasteiger partial charge in [-0.3, -0.25) is 4.79 Å². The van der Waals surface area contributed by atoms with Gasteiger partial charge in [-0.05, 0) is 56.1 Å². The van der Waals surface area contributed by atoms with Crippen LogP contribution in [-0.2, 0) is 6.18 Å². The van der Waals surface area contributed by atoms with Crippen molar-refractivity contribution >= 4 is 60.7 Å². The van der Waals surface area contributed by atoms with Gasteiger partial charge in [-0.25, -0.2) is 4.79 Å². The van der Waals surface area contributed by atoms with Gasteiger partial charge in [-0.2, -0.15) is 13.2 Å². The van der Waals surface area contributed by atoms with E-state index in [0.717, 1.165) is 20.4 Å². The Morgan fingerprint density at radius 2 is 1.88 bits per heavy atom. The van der Waals surface area contributed by atoms with Crippen LogP contribution in [0.2, 0.25) is 0 Å². The van der Waals surface area contributed by atoms with Gasteiger partial charge in [0.2, 0.25) is 0 Å². The molecule has 1 aromatic carbocycles. The molecular formula is C14H9Br2F3N2O2S. The largest absolute Gasteiger partial charge is 0.416 e. The topological polar surface area (TPSA) is 58.2 Å². The average Bonchev–Trinajstić information content (AvgIpc) is 2.84. The van der Waals surface area contributed by atoms with Crippen LogP contribution >= 0.6 is 43.2 Å². The van der Waals surface area contributed by atoms with Crippen LogP contribution in [0.15, 0.2) is 38.6 Å². The molecule has 24 heavy (non-hydrogen) atoms. The molecule has 1 aromatic heterocycles. The highest BCUT2D eigenvalue weighted by Crippen LogP contribution is 2.32. The molecule has 0 atom stereocenters. The van der Waals surface area contributed by atoms with Crippen molar-refractivity contribution in [2.24, 2.45) is 0 Å². The van der Waals surface area contributed by atoms with E-state index in [1.54, 1.807) is 6.07 Å². The molecule has 0 radical (unpaired) electrons. The fraction of sp³-hybridized carbons (Fsp3) is 0.143. The molecule has 0 aliphatic heterocycles. The van der Waals surface area contributed by atoms with Crippen molar-refractivity contribution in [3.05, 3.63) is 49.0 Å². The number of hydrogen-bond donors (Lipinski definition) is 2. The van der Waals surface area contributed by atoms with Crippen LogP contribution in [0.5, 0.6) is 0 Å². The molecule has 1 heterocycles. The number of rotatable bonds is 4.